The van der Waals surface area contributed by atoms with Crippen LogP contribution in [0.5, 0.6) is 0 Å². The Balaban J connectivity index is 2.58. The molecule has 0 N–H and O–H groups in total. The zero-order valence-corrected chi connectivity index (χ0v) is 11.8. The van der Waals surface area contributed by atoms with Crippen LogP contribution < -0.4 is 0 Å². The molecule has 0 radical (unpaired) electrons. The monoisotopic (exact) mass is 244 g/mol. The van der Waals surface area contributed by atoms with E-state index in [-0.39, 0.29) is 5.41 Å². The third kappa shape index (κ3) is 4.79. The van der Waals surface area contributed by atoms with E-state index in [4.69, 9.17) is 4.74 Å². The van der Waals surface area contributed by atoms with E-state index in [1.807, 2.05) is 37.3 Å². The van der Waals surface area contributed by atoms with Gasteiger partial charge in [-0.25, -0.2) is 0 Å². The maximum Gasteiger partial charge on any atom is 0.122 e. The molecule has 0 saturated heterocycles. The Hall–Kier alpha value is -1.50. The maximum atomic E-state index is 5.97. The Morgan fingerprint density at radius 1 is 1.28 bits per heavy atom. The van der Waals surface area contributed by atoms with E-state index >= 15 is 0 Å². The molecule has 1 nitrogen and oxygen atoms in total. The summed E-state index contributed by atoms with van der Waals surface area (Å²) in [7, 11) is 0. The summed E-state index contributed by atoms with van der Waals surface area (Å²) in [6.45, 7) is 11.0. The van der Waals surface area contributed by atoms with Crippen LogP contribution in [0.2, 0.25) is 0 Å². The van der Waals surface area contributed by atoms with Crippen LogP contribution in [-0.2, 0) is 4.74 Å². The molecule has 98 valence electrons. The first kappa shape index (κ1) is 14.6. The molecule has 0 aliphatic heterocycles. The summed E-state index contributed by atoms with van der Waals surface area (Å²) >= 11 is 0. The highest BCUT2D eigenvalue weighted by Gasteiger charge is 2.18. The highest BCUT2D eigenvalue weighted by atomic mass is 16.5. The Bertz CT molecular complexity index is 387. The van der Waals surface area contributed by atoms with Gasteiger partial charge in [0.2, 0.25) is 0 Å². The quantitative estimate of drug-likeness (QED) is 0.481. The number of hydrogen-bond donors (Lipinski definition) is 0. The van der Waals surface area contributed by atoms with Crippen LogP contribution in [-0.4, -0.2) is 6.61 Å². The molecule has 0 amide bonds. The van der Waals surface area contributed by atoms with Crippen LogP contribution in [0.1, 0.15) is 39.2 Å². The zero-order chi connectivity index (χ0) is 13.4. The van der Waals surface area contributed by atoms with Crippen molar-refractivity contribution in [1.82, 2.24) is 0 Å². The van der Waals surface area contributed by atoms with Gasteiger partial charge in [0, 0.05) is 5.56 Å². The summed E-state index contributed by atoms with van der Waals surface area (Å²) < 4.78 is 5.97. The molecule has 0 spiro atoms. The Morgan fingerprint density at radius 2 is 1.94 bits per heavy atom. The molecule has 0 aromatic heterocycles. The van der Waals surface area contributed by atoms with Gasteiger partial charge >= 0.3 is 0 Å². The third-order valence-electron chi connectivity index (χ3n) is 2.96. The highest BCUT2D eigenvalue weighted by molar-refractivity contribution is 5.59. The SMILES string of the molecule is C=CCCC(C)(C)COC(=CC)c1ccccc1. The van der Waals surface area contributed by atoms with E-state index in [1.165, 1.54) is 0 Å². The smallest absolute Gasteiger partial charge is 0.122 e. The summed E-state index contributed by atoms with van der Waals surface area (Å²) in [6, 6.07) is 10.2. The van der Waals surface area contributed by atoms with Crippen molar-refractivity contribution < 1.29 is 4.74 Å². The van der Waals surface area contributed by atoms with Crippen LogP contribution in [0.3, 0.4) is 0 Å². The first-order valence-corrected chi connectivity index (χ1v) is 6.54. The van der Waals surface area contributed by atoms with Gasteiger partial charge in [-0.05, 0) is 31.3 Å². The van der Waals surface area contributed by atoms with E-state index in [1.54, 1.807) is 0 Å². The fourth-order valence-corrected chi connectivity index (χ4v) is 1.77. The second kappa shape index (κ2) is 7.05. The van der Waals surface area contributed by atoms with E-state index in [0.29, 0.717) is 0 Å². The van der Waals surface area contributed by atoms with Crippen molar-refractivity contribution in [3.63, 3.8) is 0 Å². The molecule has 18 heavy (non-hydrogen) atoms. The normalized spacial score (nSPS) is 12.3. The molecular formula is C17H24O. The number of allylic oxidation sites excluding steroid dienone is 2. The first-order chi connectivity index (χ1) is 8.59. The van der Waals surface area contributed by atoms with Crippen LogP contribution in [0.4, 0.5) is 0 Å². The van der Waals surface area contributed by atoms with Crippen molar-refractivity contribution in [3.8, 4) is 0 Å². The lowest BCUT2D eigenvalue weighted by atomic mass is 9.89. The lowest BCUT2D eigenvalue weighted by molar-refractivity contribution is 0.146. The van der Waals surface area contributed by atoms with E-state index in [0.717, 1.165) is 30.8 Å². The average Bonchev–Trinajstić information content (AvgIpc) is 2.38. The lowest BCUT2D eigenvalue weighted by Crippen LogP contribution is -2.18. The minimum Gasteiger partial charge on any atom is -0.493 e. The van der Waals surface area contributed by atoms with Gasteiger partial charge < -0.3 is 4.74 Å². The number of hydrogen-bond acceptors (Lipinski definition) is 1. The van der Waals surface area contributed by atoms with Gasteiger partial charge in [0.15, 0.2) is 0 Å². The van der Waals surface area contributed by atoms with Crippen molar-refractivity contribution >= 4 is 5.76 Å². The van der Waals surface area contributed by atoms with Crippen molar-refractivity contribution in [2.75, 3.05) is 6.61 Å². The molecule has 0 heterocycles. The fourth-order valence-electron chi connectivity index (χ4n) is 1.77. The summed E-state index contributed by atoms with van der Waals surface area (Å²) in [6.07, 6.45) is 6.13. The van der Waals surface area contributed by atoms with E-state index in [9.17, 15) is 0 Å². The van der Waals surface area contributed by atoms with Crippen LogP contribution in [0, 0.1) is 5.41 Å². The number of ether oxygens (including phenoxy) is 1. The van der Waals surface area contributed by atoms with Crippen LogP contribution in [0.25, 0.3) is 5.76 Å². The molecule has 0 aliphatic rings. The Morgan fingerprint density at radius 3 is 2.50 bits per heavy atom. The Kier molecular flexibility index (Phi) is 5.70. The summed E-state index contributed by atoms with van der Waals surface area (Å²) in [5.41, 5.74) is 1.32. The topological polar surface area (TPSA) is 9.23 Å². The first-order valence-electron chi connectivity index (χ1n) is 6.54. The van der Waals surface area contributed by atoms with E-state index < -0.39 is 0 Å². The van der Waals surface area contributed by atoms with Gasteiger partial charge in [0.05, 0.1) is 6.61 Å². The minimum atomic E-state index is 0.178. The van der Waals surface area contributed by atoms with Gasteiger partial charge in [-0.3, -0.25) is 0 Å². The molecular weight excluding hydrogens is 220 g/mol. The molecule has 1 heteroatoms. The van der Waals surface area contributed by atoms with Gasteiger partial charge in [-0.2, -0.15) is 0 Å². The summed E-state index contributed by atoms with van der Waals surface area (Å²) in [5.74, 6) is 0.960. The second-order valence-electron chi connectivity index (χ2n) is 5.30. The maximum absolute atomic E-state index is 5.97. The van der Waals surface area contributed by atoms with Gasteiger partial charge in [0.1, 0.15) is 5.76 Å². The van der Waals surface area contributed by atoms with Crippen LogP contribution in [0.15, 0.2) is 49.1 Å². The molecule has 0 fully saturated rings. The lowest BCUT2D eigenvalue weighted by Gasteiger charge is -2.25. The summed E-state index contributed by atoms with van der Waals surface area (Å²) in [5, 5.41) is 0. The van der Waals surface area contributed by atoms with E-state index in [2.05, 4.69) is 32.6 Å². The molecule has 0 aliphatic carbocycles. The van der Waals surface area contributed by atoms with Crippen molar-refractivity contribution in [3.05, 3.63) is 54.6 Å². The molecule has 1 rings (SSSR count). The van der Waals surface area contributed by atoms with Crippen molar-refractivity contribution in [2.45, 2.75) is 33.6 Å². The standard InChI is InChI=1S/C17H24O/c1-5-7-13-17(3,4)14-18-16(6-2)15-11-9-8-10-12-15/h5-6,8-12H,1,7,13-14H2,2-4H3. The van der Waals surface area contributed by atoms with Gasteiger partial charge in [0.25, 0.3) is 0 Å². The molecule has 1 aromatic rings. The van der Waals surface area contributed by atoms with Crippen molar-refractivity contribution in [1.29, 1.82) is 0 Å². The van der Waals surface area contributed by atoms with Crippen LogP contribution >= 0.6 is 0 Å². The third-order valence-corrected chi connectivity index (χ3v) is 2.96. The van der Waals surface area contributed by atoms with Gasteiger partial charge in [-0.1, -0.05) is 50.3 Å². The molecule has 0 atom stereocenters. The molecule has 0 bridgehead atoms. The summed E-state index contributed by atoms with van der Waals surface area (Å²) in [4.78, 5) is 0. The van der Waals surface area contributed by atoms with Crippen molar-refractivity contribution in [2.24, 2.45) is 5.41 Å². The molecule has 1 aromatic carbocycles. The fraction of sp³-hybridized carbons (Fsp3) is 0.412. The number of rotatable bonds is 7. The largest absolute Gasteiger partial charge is 0.493 e. The zero-order valence-electron chi connectivity index (χ0n) is 11.8. The molecule has 0 unspecified atom stereocenters. The average molecular weight is 244 g/mol. The minimum absolute atomic E-state index is 0.178. The predicted molar refractivity (Wildman–Crippen MR) is 79.3 cm³/mol. The second-order valence-corrected chi connectivity index (χ2v) is 5.30. The van der Waals surface area contributed by atoms with Gasteiger partial charge in [-0.15, -0.1) is 6.58 Å². The highest BCUT2D eigenvalue weighted by Crippen LogP contribution is 2.26. The number of benzene rings is 1. The Labute approximate surface area is 111 Å². The predicted octanol–water partition coefficient (Wildman–Crippen LogP) is 5.06. The molecule has 0 saturated carbocycles.